The van der Waals surface area contributed by atoms with E-state index in [0.29, 0.717) is 11.7 Å². The van der Waals surface area contributed by atoms with Crippen molar-refractivity contribution in [2.45, 2.75) is 52.4 Å². The Hall–Kier alpha value is -0.990. The Morgan fingerprint density at radius 1 is 1.29 bits per heavy atom. The minimum Gasteiger partial charge on any atom is -0.381 e. The molecule has 2 N–H and O–H groups in total. The summed E-state index contributed by atoms with van der Waals surface area (Å²) in [6.45, 7) is 6.48. The van der Waals surface area contributed by atoms with Gasteiger partial charge in [0.2, 0.25) is 0 Å². The summed E-state index contributed by atoms with van der Waals surface area (Å²) in [7, 11) is 0. The summed E-state index contributed by atoms with van der Waals surface area (Å²) in [6, 6.07) is 0. The Labute approximate surface area is 85.7 Å². The first-order valence-electron chi connectivity index (χ1n) is 5.48. The number of nitrogen functional groups attached to an aromatic ring is 1. The zero-order valence-electron chi connectivity index (χ0n) is 9.34. The first-order chi connectivity index (χ1) is 6.74. The van der Waals surface area contributed by atoms with Crippen LogP contribution in [0.1, 0.15) is 57.3 Å². The molecule has 0 fully saturated rings. The number of rotatable bonds is 5. The molecule has 14 heavy (non-hydrogen) atoms. The second-order valence-corrected chi connectivity index (χ2v) is 3.67. The van der Waals surface area contributed by atoms with Gasteiger partial charge in [0.05, 0.1) is 0 Å². The van der Waals surface area contributed by atoms with Crippen LogP contribution in [0, 0.1) is 0 Å². The molecule has 1 heterocycles. The van der Waals surface area contributed by atoms with Crippen LogP contribution in [-0.4, -0.2) is 5.16 Å². The number of nitrogens with two attached hydrogens (primary N) is 1. The molecule has 0 atom stereocenters. The number of hydrogen-bond donors (Lipinski definition) is 1. The molecule has 0 aliphatic carbocycles. The Balaban J connectivity index is 2.94. The molecule has 1 aromatic rings. The second kappa shape index (κ2) is 5.03. The van der Waals surface area contributed by atoms with Crippen molar-refractivity contribution in [3.05, 3.63) is 11.3 Å². The number of aromatic nitrogens is 1. The Morgan fingerprint density at radius 2 is 1.93 bits per heavy atom. The number of anilines is 1. The van der Waals surface area contributed by atoms with Gasteiger partial charge in [0.1, 0.15) is 5.76 Å². The van der Waals surface area contributed by atoms with Crippen molar-refractivity contribution in [3.8, 4) is 0 Å². The van der Waals surface area contributed by atoms with E-state index in [4.69, 9.17) is 10.3 Å². The lowest BCUT2D eigenvalue weighted by Crippen LogP contribution is -2.00. The van der Waals surface area contributed by atoms with Crippen molar-refractivity contribution >= 4 is 5.82 Å². The molecule has 0 saturated heterocycles. The SMILES string of the molecule is CCCc1c(N)noc1C(CC)CC. The molecule has 0 bridgehead atoms. The highest BCUT2D eigenvalue weighted by molar-refractivity contribution is 5.41. The first-order valence-corrected chi connectivity index (χ1v) is 5.48. The van der Waals surface area contributed by atoms with E-state index in [1.807, 2.05) is 0 Å². The number of nitrogens with zero attached hydrogens (tertiary/aromatic N) is 1. The van der Waals surface area contributed by atoms with Crippen LogP contribution in [0.3, 0.4) is 0 Å². The van der Waals surface area contributed by atoms with Crippen LogP contribution < -0.4 is 5.73 Å². The molecular weight excluding hydrogens is 176 g/mol. The van der Waals surface area contributed by atoms with Crippen LogP contribution in [0.2, 0.25) is 0 Å². The number of hydrogen-bond acceptors (Lipinski definition) is 3. The quantitative estimate of drug-likeness (QED) is 0.787. The van der Waals surface area contributed by atoms with E-state index in [1.165, 1.54) is 0 Å². The molecular formula is C11H20N2O. The fourth-order valence-corrected chi connectivity index (χ4v) is 1.82. The lowest BCUT2D eigenvalue weighted by Gasteiger charge is -2.09. The summed E-state index contributed by atoms with van der Waals surface area (Å²) in [5.41, 5.74) is 6.90. The third kappa shape index (κ3) is 2.08. The van der Waals surface area contributed by atoms with E-state index in [1.54, 1.807) is 0 Å². The van der Waals surface area contributed by atoms with E-state index in [2.05, 4.69) is 25.9 Å². The molecule has 0 saturated carbocycles. The molecule has 3 nitrogen and oxygen atoms in total. The van der Waals surface area contributed by atoms with E-state index in [0.717, 1.165) is 37.0 Å². The molecule has 0 aliphatic rings. The van der Waals surface area contributed by atoms with Gasteiger partial charge >= 0.3 is 0 Å². The zero-order valence-corrected chi connectivity index (χ0v) is 9.34. The Bertz CT molecular complexity index is 277. The summed E-state index contributed by atoms with van der Waals surface area (Å²) in [6.07, 6.45) is 4.23. The maximum atomic E-state index is 5.77. The van der Waals surface area contributed by atoms with E-state index in [9.17, 15) is 0 Å². The van der Waals surface area contributed by atoms with Crippen molar-refractivity contribution in [1.29, 1.82) is 0 Å². The largest absolute Gasteiger partial charge is 0.381 e. The second-order valence-electron chi connectivity index (χ2n) is 3.67. The van der Waals surface area contributed by atoms with Crippen LogP contribution in [0.25, 0.3) is 0 Å². The third-order valence-electron chi connectivity index (χ3n) is 2.71. The summed E-state index contributed by atoms with van der Waals surface area (Å²) in [5.74, 6) is 2.06. The van der Waals surface area contributed by atoms with Crippen molar-refractivity contribution in [2.24, 2.45) is 0 Å². The maximum absolute atomic E-state index is 5.77. The van der Waals surface area contributed by atoms with Gasteiger partial charge in [-0.3, -0.25) is 0 Å². The van der Waals surface area contributed by atoms with Crippen LogP contribution in [0.15, 0.2) is 4.52 Å². The lowest BCUT2D eigenvalue weighted by atomic mass is 9.95. The van der Waals surface area contributed by atoms with Gasteiger partial charge in [-0.2, -0.15) is 0 Å². The molecule has 0 aliphatic heterocycles. The summed E-state index contributed by atoms with van der Waals surface area (Å²) in [4.78, 5) is 0. The highest BCUT2D eigenvalue weighted by atomic mass is 16.5. The summed E-state index contributed by atoms with van der Waals surface area (Å²) in [5, 5.41) is 3.85. The van der Waals surface area contributed by atoms with Crippen LogP contribution in [-0.2, 0) is 6.42 Å². The van der Waals surface area contributed by atoms with Gasteiger partial charge in [-0.1, -0.05) is 32.3 Å². The molecule has 1 rings (SSSR count). The topological polar surface area (TPSA) is 52.0 Å². The first kappa shape index (κ1) is 11.1. The van der Waals surface area contributed by atoms with Gasteiger partial charge in [-0.25, -0.2) is 0 Å². The molecule has 0 aromatic carbocycles. The molecule has 0 unspecified atom stereocenters. The smallest absolute Gasteiger partial charge is 0.170 e. The molecule has 80 valence electrons. The van der Waals surface area contributed by atoms with Crippen LogP contribution >= 0.6 is 0 Å². The predicted octanol–water partition coefficient (Wildman–Crippen LogP) is 3.11. The zero-order chi connectivity index (χ0) is 10.6. The maximum Gasteiger partial charge on any atom is 0.170 e. The van der Waals surface area contributed by atoms with Crippen molar-refractivity contribution < 1.29 is 4.52 Å². The van der Waals surface area contributed by atoms with Gasteiger partial charge in [0, 0.05) is 11.5 Å². The average molecular weight is 196 g/mol. The molecule has 0 spiro atoms. The van der Waals surface area contributed by atoms with Crippen LogP contribution in [0.5, 0.6) is 0 Å². The average Bonchev–Trinajstić information content (AvgIpc) is 2.53. The molecule has 0 radical (unpaired) electrons. The normalized spacial score (nSPS) is 11.1. The summed E-state index contributed by atoms with van der Waals surface area (Å²) < 4.78 is 5.32. The van der Waals surface area contributed by atoms with Crippen molar-refractivity contribution in [2.75, 3.05) is 5.73 Å². The highest BCUT2D eigenvalue weighted by Crippen LogP contribution is 2.30. The standard InChI is InChI=1S/C11H20N2O/c1-4-7-9-10(8(5-2)6-3)14-13-11(9)12/h8H,4-7H2,1-3H3,(H2,12,13). The van der Waals surface area contributed by atoms with Crippen molar-refractivity contribution in [3.63, 3.8) is 0 Å². The van der Waals surface area contributed by atoms with Gasteiger partial charge < -0.3 is 10.3 Å². The van der Waals surface area contributed by atoms with Gasteiger partial charge in [-0.15, -0.1) is 0 Å². The van der Waals surface area contributed by atoms with Gasteiger partial charge in [0.15, 0.2) is 5.82 Å². The fraction of sp³-hybridized carbons (Fsp3) is 0.727. The molecule has 3 heteroatoms. The Kier molecular flexibility index (Phi) is 3.98. The van der Waals surface area contributed by atoms with Gasteiger partial charge in [0.25, 0.3) is 0 Å². The lowest BCUT2D eigenvalue weighted by molar-refractivity contribution is 0.352. The molecule has 0 amide bonds. The van der Waals surface area contributed by atoms with E-state index >= 15 is 0 Å². The minimum atomic E-state index is 0.473. The third-order valence-corrected chi connectivity index (χ3v) is 2.71. The highest BCUT2D eigenvalue weighted by Gasteiger charge is 2.19. The van der Waals surface area contributed by atoms with E-state index in [-0.39, 0.29) is 0 Å². The van der Waals surface area contributed by atoms with Crippen molar-refractivity contribution in [1.82, 2.24) is 5.16 Å². The monoisotopic (exact) mass is 196 g/mol. The minimum absolute atomic E-state index is 0.473. The fourth-order valence-electron chi connectivity index (χ4n) is 1.82. The Morgan fingerprint density at radius 3 is 2.43 bits per heavy atom. The van der Waals surface area contributed by atoms with E-state index < -0.39 is 0 Å². The van der Waals surface area contributed by atoms with Gasteiger partial charge in [-0.05, 0) is 19.3 Å². The molecule has 1 aromatic heterocycles. The predicted molar refractivity (Wildman–Crippen MR) is 58.2 cm³/mol. The summed E-state index contributed by atoms with van der Waals surface area (Å²) >= 11 is 0. The van der Waals surface area contributed by atoms with Crippen LogP contribution in [0.4, 0.5) is 5.82 Å².